The number of anilines is 3. The van der Waals surface area contributed by atoms with Crippen LogP contribution in [0.25, 0.3) is 11.1 Å². The molecule has 6 N–H and O–H groups in total. The molecule has 0 amide bonds. The number of ether oxygens (including phenoxy) is 2. The van der Waals surface area contributed by atoms with E-state index in [1.807, 2.05) is 36.4 Å². The maximum atomic E-state index is 5.89. The third-order valence-electron chi connectivity index (χ3n) is 3.93. The molecule has 2 aromatic carbocycles. The molecule has 0 atom stereocenters. The van der Waals surface area contributed by atoms with Crippen molar-refractivity contribution in [1.82, 2.24) is 0 Å². The Hall–Kier alpha value is -1.51. The second kappa shape index (κ2) is 6.94. The Bertz CT molecular complexity index is 660. The number of rotatable bonds is 3. The second-order valence-electron chi connectivity index (χ2n) is 5.50. The van der Waals surface area contributed by atoms with Crippen LogP contribution in [0.5, 0.6) is 0 Å². The van der Waals surface area contributed by atoms with E-state index in [1.54, 1.807) is 0 Å². The van der Waals surface area contributed by atoms with Crippen molar-refractivity contribution in [1.29, 1.82) is 0 Å². The zero-order valence-corrected chi connectivity index (χ0v) is 15.1. The first kappa shape index (κ1) is 16.4. The number of halogens is 1. The summed E-state index contributed by atoms with van der Waals surface area (Å²) in [6.07, 6.45) is -0.266. The Kier molecular flexibility index (Phi) is 4.93. The third-order valence-corrected chi connectivity index (χ3v) is 6.41. The van der Waals surface area contributed by atoms with Gasteiger partial charge >= 0.3 is 141 Å². The van der Waals surface area contributed by atoms with Crippen LogP contribution < -0.4 is 38.4 Å². The normalized spacial score (nSPS) is 21.4. The van der Waals surface area contributed by atoms with E-state index in [0.717, 1.165) is 29.9 Å². The van der Waals surface area contributed by atoms with Gasteiger partial charge in [-0.05, 0) is 0 Å². The molecule has 0 radical (unpaired) electrons. The van der Waals surface area contributed by atoms with Crippen LogP contribution in [0.1, 0.15) is 11.9 Å². The minimum atomic E-state index is -0.266. The van der Waals surface area contributed by atoms with Gasteiger partial charge in [-0.25, -0.2) is 0 Å². The molecule has 124 valence electrons. The van der Waals surface area contributed by atoms with Crippen LogP contribution in [0.2, 0.25) is 0 Å². The summed E-state index contributed by atoms with van der Waals surface area (Å²) in [5.74, 6) is 0. The molecule has 0 spiro atoms. The van der Waals surface area contributed by atoms with Crippen LogP contribution in [-0.4, -0.2) is 22.1 Å². The summed E-state index contributed by atoms with van der Waals surface area (Å²) < 4.78 is 12.2. The van der Waals surface area contributed by atoms with Crippen molar-refractivity contribution in [3.8, 4) is 11.1 Å². The predicted octanol–water partition coefficient (Wildman–Crippen LogP) is -0.767. The Morgan fingerprint density at radius 1 is 0.913 bits per heavy atom. The van der Waals surface area contributed by atoms with Gasteiger partial charge in [-0.3, -0.25) is 0 Å². The number of alkyl halides is 2. The standard InChI is InChI=1S/C17H21IN3O2/c1-18-13-8-22-17(23-9-13)11-4-2-10(3-5-11)12-6-14(19)16(21)15(20)7-12/h2-7,13,17H,8-9,19-21H2,1H3/q-1. The molecule has 0 aromatic heterocycles. The summed E-state index contributed by atoms with van der Waals surface area (Å²) in [5, 5.41) is 0. The maximum absolute atomic E-state index is 5.89. The van der Waals surface area contributed by atoms with Gasteiger partial charge in [0.1, 0.15) is 0 Å². The van der Waals surface area contributed by atoms with E-state index in [1.165, 1.54) is 0 Å². The predicted molar refractivity (Wildman–Crippen MR) is 89.5 cm³/mol. The van der Waals surface area contributed by atoms with Gasteiger partial charge in [0.05, 0.1) is 0 Å². The number of benzene rings is 2. The second-order valence-corrected chi connectivity index (χ2v) is 8.51. The van der Waals surface area contributed by atoms with E-state index < -0.39 is 0 Å². The van der Waals surface area contributed by atoms with Crippen LogP contribution >= 0.6 is 0 Å². The first-order chi connectivity index (χ1) is 11.1. The molecular formula is C17H21IN3O2-. The molecule has 6 heteroatoms. The zero-order valence-electron chi connectivity index (χ0n) is 13.0. The molecule has 2 aromatic rings. The molecule has 23 heavy (non-hydrogen) atoms. The van der Waals surface area contributed by atoms with Crippen molar-refractivity contribution >= 4 is 17.1 Å². The van der Waals surface area contributed by atoms with Gasteiger partial charge in [0, 0.05) is 0 Å². The average Bonchev–Trinajstić information content (AvgIpc) is 2.59. The van der Waals surface area contributed by atoms with Crippen LogP contribution in [0.15, 0.2) is 36.4 Å². The van der Waals surface area contributed by atoms with Crippen molar-refractivity contribution in [3.05, 3.63) is 42.0 Å². The van der Waals surface area contributed by atoms with Crippen LogP contribution in [0, 0.1) is 0 Å². The Balaban J connectivity index is 1.77. The van der Waals surface area contributed by atoms with Gasteiger partial charge in [0.25, 0.3) is 0 Å². The molecule has 0 bridgehead atoms. The number of nitrogens with two attached hydrogens (primary N) is 3. The van der Waals surface area contributed by atoms with E-state index in [0.29, 0.717) is 21.0 Å². The van der Waals surface area contributed by atoms with Gasteiger partial charge in [0.2, 0.25) is 0 Å². The molecule has 0 aliphatic carbocycles. The van der Waals surface area contributed by atoms with E-state index in [9.17, 15) is 0 Å². The quantitative estimate of drug-likeness (QED) is 0.341. The molecule has 0 unspecified atom stereocenters. The van der Waals surface area contributed by atoms with Gasteiger partial charge < -0.3 is 5.73 Å². The van der Waals surface area contributed by atoms with Crippen molar-refractivity contribution in [2.45, 2.75) is 10.2 Å². The fourth-order valence-electron chi connectivity index (χ4n) is 2.50. The number of hydrogen-bond donors (Lipinski definition) is 3. The summed E-state index contributed by atoms with van der Waals surface area (Å²) in [7, 11) is 0. The van der Waals surface area contributed by atoms with Gasteiger partial charge in [-0.2, -0.15) is 0 Å². The molecule has 1 heterocycles. The van der Waals surface area contributed by atoms with Gasteiger partial charge in [0.15, 0.2) is 0 Å². The Morgan fingerprint density at radius 3 is 2.00 bits per heavy atom. The summed E-state index contributed by atoms with van der Waals surface area (Å²) in [6.45, 7) is 1.59. The summed E-state index contributed by atoms with van der Waals surface area (Å²) in [6, 6.07) is 11.7. The number of nitrogen functional groups attached to an aromatic ring is 3. The molecule has 1 aliphatic heterocycles. The average molecular weight is 426 g/mol. The first-order valence-electron chi connectivity index (χ1n) is 7.34. The molecule has 1 aliphatic rings. The van der Waals surface area contributed by atoms with Crippen LogP contribution in [0.4, 0.5) is 17.1 Å². The van der Waals surface area contributed by atoms with E-state index in [2.05, 4.69) is 4.93 Å². The summed E-state index contributed by atoms with van der Waals surface area (Å²) >= 11 is 0.167. The molecule has 1 saturated heterocycles. The Labute approximate surface area is 146 Å². The minimum absolute atomic E-state index is 0.167. The molecule has 1 fully saturated rings. The molecule has 3 rings (SSSR count). The van der Waals surface area contributed by atoms with E-state index in [-0.39, 0.29) is 27.5 Å². The SMILES string of the molecule is C[I-]C1COC(c2ccc(-c3cc(N)c(N)c(N)c3)cc2)OC1. The summed E-state index contributed by atoms with van der Waals surface area (Å²) in [4.78, 5) is 2.26. The van der Waals surface area contributed by atoms with Crippen LogP contribution in [-0.2, 0) is 9.47 Å². The summed E-state index contributed by atoms with van der Waals surface area (Å²) in [5.41, 5.74) is 22.0. The van der Waals surface area contributed by atoms with Crippen molar-refractivity contribution in [2.75, 3.05) is 35.3 Å². The topological polar surface area (TPSA) is 96.5 Å². The van der Waals surface area contributed by atoms with Crippen LogP contribution in [0.3, 0.4) is 0 Å². The number of hydrogen-bond acceptors (Lipinski definition) is 5. The fourth-order valence-corrected chi connectivity index (χ4v) is 3.63. The third kappa shape index (κ3) is 3.54. The Morgan fingerprint density at radius 2 is 1.48 bits per heavy atom. The fraction of sp³-hybridized carbons (Fsp3) is 0.294. The monoisotopic (exact) mass is 426 g/mol. The van der Waals surface area contributed by atoms with Crippen molar-refractivity contribution in [2.24, 2.45) is 0 Å². The van der Waals surface area contributed by atoms with Gasteiger partial charge in [-0.1, -0.05) is 0 Å². The van der Waals surface area contributed by atoms with E-state index >= 15 is 0 Å². The molecular weight excluding hydrogens is 405 g/mol. The molecule has 5 nitrogen and oxygen atoms in total. The van der Waals surface area contributed by atoms with Crippen molar-refractivity contribution < 1.29 is 30.7 Å². The van der Waals surface area contributed by atoms with Gasteiger partial charge in [-0.15, -0.1) is 0 Å². The first-order valence-corrected chi connectivity index (χ1v) is 10.7. The van der Waals surface area contributed by atoms with Crippen molar-refractivity contribution in [3.63, 3.8) is 0 Å². The van der Waals surface area contributed by atoms with E-state index in [4.69, 9.17) is 26.7 Å². The molecule has 0 saturated carbocycles. The zero-order chi connectivity index (χ0) is 16.4.